The molecule has 0 saturated carbocycles. The molecule has 1 amide bonds. The first kappa shape index (κ1) is 19.4. The number of esters is 1. The van der Waals surface area contributed by atoms with Gasteiger partial charge in [-0.15, -0.1) is 0 Å². The molecule has 29 heavy (non-hydrogen) atoms. The highest BCUT2D eigenvalue weighted by Gasteiger charge is 2.51. The Balaban J connectivity index is 1.46. The Hall–Kier alpha value is -2.90. The van der Waals surface area contributed by atoms with Gasteiger partial charge >= 0.3 is 5.97 Å². The van der Waals surface area contributed by atoms with Crippen LogP contribution in [0.1, 0.15) is 46.4 Å². The maximum absolute atomic E-state index is 13.0. The number of aryl methyl sites for hydroxylation is 1. The van der Waals surface area contributed by atoms with Crippen LogP contribution in [0, 0.1) is 26.2 Å². The Morgan fingerprint density at radius 3 is 2.62 bits per heavy atom. The van der Waals surface area contributed by atoms with E-state index in [1.807, 2.05) is 31.5 Å². The van der Waals surface area contributed by atoms with Crippen molar-refractivity contribution in [3.05, 3.63) is 51.5 Å². The summed E-state index contributed by atoms with van der Waals surface area (Å²) in [5.41, 5.74) is 1.74. The second-order valence-electron chi connectivity index (χ2n) is 8.27. The van der Waals surface area contributed by atoms with E-state index in [1.54, 1.807) is 17.4 Å². The van der Waals surface area contributed by atoms with Crippen LogP contribution >= 0.6 is 0 Å². The van der Waals surface area contributed by atoms with Crippen molar-refractivity contribution in [2.24, 2.45) is 5.41 Å². The minimum Gasteiger partial charge on any atom is -0.460 e. The summed E-state index contributed by atoms with van der Waals surface area (Å²) in [5, 5.41) is 0. The third-order valence-corrected chi connectivity index (χ3v) is 6.55. The summed E-state index contributed by atoms with van der Waals surface area (Å²) in [6, 6.07) is 0. The minimum absolute atomic E-state index is 0.171. The number of carbonyl (C=O) groups excluding carboxylic acids is 2. The predicted molar refractivity (Wildman–Crippen MR) is 106 cm³/mol. The predicted octanol–water partition coefficient (Wildman–Crippen LogP) is 1.73. The van der Waals surface area contributed by atoms with E-state index in [-0.39, 0.29) is 29.1 Å². The number of imidazole rings is 1. The average Bonchev–Trinajstić information content (AvgIpc) is 3.29. The van der Waals surface area contributed by atoms with Crippen molar-refractivity contribution in [2.45, 2.75) is 52.7 Å². The number of hydrogen-bond acceptors (Lipinski definition) is 5. The molecule has 4 rings (SSSR count). The van der Waals surface area contributed by atoms with E-state index in [0.717, 1.165) is 16.8 Å². The topological polar surface area (TPSA) is 97.3 Å². The molecular formula is C21H26N4O4. The molecule has 0 radical (unpaired) electrons. The Bertz CT molecular complexity index is 1000. The van der Waals surface area contributed by atoms with Crippen LogP contribution in [0.3, 0.4) is 0 Å². The van der Waals surface area contributed by atoms with Crippen LogP contribution in [0.2, 0.25) is 0 Å². The van der Waals surface area contributed by atoms with Crippen LogP contribution in [0.5, 0.6) is 0 Å². The van der Waals surface area contributed by atoms with E-state index in [1.165, 1.54) is 0 Å². The van der Waals surface area contributed by atoms with E-state index >= 15 is 0 Å². The first-order chi connectivity index (χ1) is 13.8. The number of pyridine rings is 1. The lowest BCUT2D eigenvalue weighted by Crippen LogP contribution is -2.46. The summed E-state index contributed by atoms with van der Waals surface area (Å²) >= 11 is 0. The van der Waals surface area contributed by atoms with Gasteiger partial charge in [0, 0.05) is 37.6 Å². The SMILES string of the molecule is Cc1[nH]c(=O)c(C(=O)N2CCC3(CC2)CC(Cn2ccnc2)OC3=O)c(C)c1C. The van der Waals surface area contributed by atoms with Gasteiger partial charge in [-0.1, -0.05) is 0 Å². The Labute approximate surface area is 168 Å². The normalized spacial score (nSPS) is 20.9. The zero-order valence-corrected chi connectivity index (χ0v) is 17.0. The van der Waals surface area contributed by atoms with E-state index in [0.29, 0.717) is 38.9 Å². The van der Waals surface area contributed by atoms with Gasteiger partial charge in [0.1, 0.15) is 11.7 Å². The summed E-state index contributed by atoms with van der Waals surface area (Å²) in [7, 11) is 0. The molecule has 2 fully saturated rings. The number of ether oxygens (including phenoxy) is 1. The van der Waals surface area contributed by atoms with Crippen LogP contribution in [0.4, 0.5) is 0 Å². The van der Waals surface area contributed by atoms with Gasteiger partial charge in [-0.3, -0.25) is 14.4 Å². The van der Waals surface area contributed by atoms with Crippen molar-refractivity contribution in [3.8, 4) is 0 Å². The van der Waals surface area contributed by atoms with Gasteiger partial charge in [0.05, 0.1) is 18.3 Å². The molecule has 1 atom stereocenters. The number of rotatable bonds is 3. The summed E-state index contributed by atoms with van der Waals surface area (Å²) in [6.45, 7) is 7.01. The number of H-pyrrole nitrogens is 1. The number of likely N-dealkylation sites (tertiary alicyclic amines) is 1. The number of nitrogens with one attached hydrogen (secondary N) is 1. The monoisotopic (exact) mass is 398 g/mol. The van der Waals surface area contributed by atoms with Gasteiger partial charge < -0.3 is 19.2 Å². The van der Waals surface area contributed by atoms with E-state index in [9.17, 15) is 14.4 Å². The summed E-state index contributed by atoms with van der Waals surface area (Å²) in [6.07, 6.45) is 6.85. The second kappa shape index (κ2) is 7.17. The van der Waals surface area contributed by atoms with Gasteiger partial charge in [-0.2, -0.15) is 0 Å². The maximum atomic E-state index is 13.0. The first-order valence-corrected chi connectivity index (χ1v) is 9.97. The smallest absolute Gasteiger partial charge is 0.312 e. The zero-order chi connectivity index (χ0) is 20.8. The standard InChI is InChI=1S/C21H26N4O4/c1-13-14(2)17(18(26)23-15(13)3)19(27)25-7-4-21(5-8-25)10-16(29-20(21)28)11-24-9-6-22-12-24/h6,9,12,16H,4-5,7-8,10-11H2,1-3H3,(H,23,26). The Kier molecular flexibility index (Phi) is 4.80. The molecule has 4 heterocycles. The molecule has 8 heteroatoms. The molecule has 1 N–H and O–H groups in total. The number of aromatic amines is 1. The van der Waals surface area contributed by atoms with E-state index < -0.39 is 5.41 Å². The fraction of sp³-hybridized carbons (Fsp3) is 0.524. The van der Waals surface area contributed by atoms with Crippen LogP contribution in [-0.4, -0.2) is 50.5 Å². The summed E-state index contributed by atoms with van der Waals surface area (Å²) in [4.78, 5) is 46.6. The van der Waals surface area contributed by atoms with Crippen molar-refractivity contribution in [2.75, 3.05) is 13.1 Å². The summed E-state index contributed by atoms with van der Waals surface area (Å²) in [5.74, 6) is -0.432. The number of cyclic esters (lactones) is 1. The number of piperidine rings is 1. The molecular weight excluding hydrogens is 372 g/mol. The number of hydrogen-bond donors (Lipinski definition) is 1. The first-order valence-electron chi connectivity index (χ1n) is 9.97. The van der Waals surface area contributed by atoms with Crippen molar-refractivity contribution >= 4 is 11.9 Å². The van der Waals surface area contributed by atoms with Crippen molar-refractivity contribution in [3.63, 3.8) is 0 Å². The lowest BCUT2D eigenvalue weighted by molar-refractivity contribution is -0.150. The number of nitrogens with zero attached hydrogens (tertiary/aromatic N) is 3. The van der Waals surface area contributed by atoms with E-state index in [2.05, 4.69) is 9.97 Å². The maximum Gasteiger partial charge on any atom is 0.312 e. The highest BCUT2D eigenvalue weighted by Crippen LogP contribution is 2.43. The van der Waals surface area contributed by atoms with Crippen LogP contribution < -0.4 is 5.56 Å². The Morgan fingerprint density at radius 2 is 1.97 bits per heavy atom. The molecule has 2 saturated heterocycles. The third-order valence-electron chi connectivity index (χ3n) is 6.55. The summed E-state index contributed by atoms with van der Waals surface area (Å²) < 4.78 is 7.54. The molecule has 8 nitrogen and oxygen atoms in total. The number of aromatic nitrogens is 3. The van der Waals surface area contributed by atoms with Crippen molar-refractivity contribution < 1.29 is 14.3 Å². The van der Waals surface area contributed by atoms with Crippen LogP contribution in [0.15, 0.2) is 23.5 Å². The molecule has 0 aromatic carbocycles. The van der Waals surface area contributed by atoms with Crippen molar-refractivity contribution in [1.82, 2.24) is 19.4 Å². The van der Waals surface area contributed by atoms with Gasteiger partial charge in [-0.25, -0.2) is 4.98 Å². The van der Waals surface area contributed by atoms with Gasteiger partial charge in [0.15, 0.2) is 0 Å². The lowest BCUT2D eigenvalue weighted by Gasteiger charge is -2.36. The molecule has 154 valence electrons. The third kappa shape index (κ3) is 3.36. The van der Waals surface area contributed by atoms with E-state index in [4.69, 9.17) is 4.74 Å². The molecule has 2 aromatic rings. The molecule has 2 aliphatic rings. The highest BCUT2D eigenvalue weighted by molar-refractivity contribution is 5.96. The number of carbonyl (C=O) groups is 2. The highest BCUT2D eigenvalue weighted by atomic mass is 16.6. The second-order valence-corrected chi connectivity index (χ2v) is 8.27. The lowest BCUT2D eigenvalue weighted by atomic mass is 9.76. The van der Waals surface area contributed by atoms with Gasteiger partial charge in [-0.05, 0) is 44.7 Å². The number of amides is 1. The van der Waals surface area contributed by atoms with Gasteiger partial charge in [0.25, 0.3) is 11.5 Å². The molecule has 0 bridgehead atoms. The average molecular weight is 398 g/mol. The molecule has 2 aromatic heterocycles. The fourth-order valence-electron chi connectivity index (χ4n) is 4.50. The largest absolute Gasteiger partial charge is 0.460 e. The van der Waals surface area contributed by atoms with Gasteiger partial charge in [0.2, 0.25) is 0 Å². The zero-order valence-electron chi connectivity index (χ0n) is 17.0. The van der Waals surface area contributed by atoms with Crippen LogP contribution in [-0.2, 0) is 16.1 Å². The molecule has 2 aliphatic heterocycles. The molecule has 1 unspecified atom stereocenters. The minimum atomic E-state index is -0.535. The Morgan fingerprint density at radius 1 is 1.24 bits per heavy atom. The molecule has 1 spiro atoms. The fourth-order valence-corrected chi connectivity index (χ4v) is 4.50. The van der Waals surface area contributed by atoms with Crippen molar-refractivity contribution in [1.29, 1.82) is 0 Å². The quantitative estimate of drug-likeness (QED) is 0.795. The van der Waals surface area contributed by atoms with Crippen LogP contribution in [0.25, 0.3) is 0 Å². The molecule has 0 aliphatic carbocycles.